The summed E-state index contributed by atoms with van der Waals surface area (Å²) in [6.45, 7) is 3.95. The number of aromatic amines is 1. The van der Waals surface area contributed by atoms with E-state index in [1.165, 1.54) is 19.1 Å². The number of nitrogens with zero attached hydrogens (tertiary/aromatic N) is 2. The molecular formula is C26H24N4O4. The van der Waals surface area contributed by atoms with E-state index in [9.17, 15) is 14.9 Å². The molecule has 4 rings (SSSR count). The number of rotatable bonds is 4. The molecule has 1 atom stereocenters. The van der Waals surface area contributed by atoms with Crippen LogP contribution in [0.3, 0.4) is 0 Å². The fourth-order valence-corrected chi connectivity index (χ4v) is 4.37. The number of nitrogens with two attached hydrogens (primary N) is 1. The average Bonchev–Trinajstić information content (AvgIpc) is 3.15. The maximum absolute atomic E-state index is 13.1. The average molecular weight is 457 g/mol. The number of nitriles is 1. The fourth-order valence-electron chi connectivity index (χ4n) is 4.37. The van der Waals surface area contributed by atoms with Crippen molar-refractivity contribution in [2.24, 2.45) is 5.73 Å². The van der Waals surface area contributed by atoms with Crippen LogP contribution in [0.25, 0.3) is 10.9 Å². The van der Waals surface area contributed by atoms with E-state index in [0.717, 1.165) is 22.2 Å². The summed E-state index contributed by atoms with van der Waals surface area (Å²) in [5, 5.41) is 11.0. The Morgan fingerprint density at radius 3 is 2.35 bits per heavy atom. The molecule has 0 aliphatic carbocycles. The van der Waals surface area contributed by atoms with Gasteiger partial charge in [-0.15, -0.1) is 0 Å². The molecule has 2 heterocycles. The number of ether oxygens (including phenoxy) is 2. The zero-order valence-electron chi connectivity index (χ0n) is 19.3. The number of aromatic nitrogens is 1. The van der Waals surface area contributed by atoms with Gasteiger partial charge in [0.1, 0.15) is 11.5 Å². The molecule has 3 aromatic rings. The Kier molecular flexibility index (Phi) is 5.86. The van der Waals surface area contributed by atoms with Crippen molar-refractivity contribution in [1.82, 2.24) is 4.98 Å². The van der Waals surface area contributed by atoms with Gasteiger partial charge in [0.25, 0.3) is 0 Å². The molecule has 0 amide bonds. The lowest BCUT2D eigenvalue weighted by Crippen LogP contribution is -2.40. The number of fused-ring (bicyclic) bond motifs is 1. The van der Waals surface area contributed by atoms with Crippen molar-refractivity contribution in [1.29, 1.82) is 5.26 Å². The number of hydrogen-bond acceptors (Lipinski definition) is 7. The number of allylic oxidation sites excluding steroid dienone is 1. The molecule has 0 bridgehead atoms. The highest BCUT2D eigenvalue weighted by Gasteiger charge is 2.43. The van der Waals surface area contributed by atoms with Crippen LogP contribution in [-0.4, -0.2) is 31.1 Å². The summed E-state index contributed by atoms with van der Waals surface area (Å²) in [4.78, 5) is 30.9. The second-order valence-corrected chi connectivity index (χ2v) is 7.94. The van der Waals surface area contributed by atoms with Crippen molar-refractivity contribution in [2.75, 3.05) is 19.1 Å². The van der Waals surface area contributed by atoms with Crippen LogP contribution in [0.4, 0.5) is 5.69 Å². The van der Waals surface area contributed by atoms with E-state index in [2.05, 4.69) is 11.1 Å². The molecule has 0 saturated heterocycles. The second-order valence-electron chi connectivity index (χ2n) is 7.94. The summed E-state index contributed by atoms with van der Waals surface area (Å²) in [7, 11) is 2.45. The van der Waals surface area contributed by atoms with Gasteiger partial charge < -0.3 is 20.2 Å². The van der Waals surface area contributed by atoms with Crippen molar-refractivity contribution < 1.29 is 19.1 Å². The third-order valence-corrected chi connectivity index (χ3v) is 6.16. The zero-order chi connectivity index (χ0) is 24.6. The summed E-state index contributed by atoms with van der Waals surface area (Å²) < 4.78 is 10.1. The lowest BCUT2D eigenvalue weighted by Gasteiger charge is -2.36. The molecule has 1 aliphatic rings. The maximum Gasteiger partial charge on any atom is 0.355 e. The van der Waals surface area contributed by atoms with Crippen LogP contribution in [0.2, 0.25) is 0 Å². The highest BCUT2D eigenvalue weighted by atomic mass is 16.5. The molecule has 34 heavy (non-hydrogen) atoms. The van der Waals surface area contributed by atoms with Crippen LogP contribution in [0.15, 0.2) is 71.2 Å². The highest BCUT2D eigenvalue weighted by molar-refractivity contribution is 6.06. The number of carbonyl (C=O) groups is 2. The molecule has 2 aromatic carbocycles. The van der Waals surface area contributed by atoms with Crippen LogP contribution in [0, 0.1) is 25.2 Å². The van der Waals surface area contributed by atoms with Crippen molar-refractivity contribution >= 4 is 28.5 Å². The predicted molar refractivity (Wildman–Crippen MR) is 127 cm³/mol. The number of nitrogens with one attached hydrogen (secondary N) is 1. The molecule has 0 spiro atoms. The molecule has 0 fully saturated rings. The Hall–Kier alpha value is -4.51. The number of anilines is 1. The van der Waals surface area contributed by atoms with Gasteiger partial charge in [-0.2, -0.15) is 5.26 Å². The largest absolute Gasteiger partial charge is 0.466 e. The summed E-state index contributed by atoms with van der Waals surface area (Å²) >= 11 is 0. The topological polar surface area (TPSA) is 121 Å². The van der Waals surface area contributed by atoms with Crippen molar-refractivity contribution in [2.45, 2.75) is 19.8 Å². The van der Waals surface area contributed by atoms with Gasteiger partial charge in [0.15, 0.2) is 0 Å². The Morgan fingerprint density at radius 1 is 1.06 bits per heavy atom. The fraction of sp³-hybridized carbons (Fsp3) is 0.192. The maximum atomic E-state index is 13.1. The Labute approximate surface area is 196 Å². The zero-order valence-corrected chi connectivity index (χ0v) is 19.3. The van der Waals surface area contributed by atoms with Gasteiger partial charge in [0, 0.05) is 22.3 Å². The molecule has 1 unspecified atom stereocenters. The molecule has 1 aromatic heterocycles. The van der Waals surface area contributed by atoms with E-state index in [1.54, 1.807) is 30.3 Å². The molecule has 3 N–H and O–H groups in total. The Balaban J connectivity index is 2.07. The van der Waals surface area contributed by atoms with E-state index in [1.807, 2.05) is 32.0 Å². The van der Waals surface area contributed by atoms with Crippen LogP contribution in [0.1, 0.15) is 22.7 Å². The molecule has 8 heteroatoms. The van der Waals surface area contributed by atoms with E-state index in [0.29, 0.717) is 11.3 Å². The highest BCUT2D eigenvalue weighted by Crippen LogP contribution is 2.43. The standard InChI is InChI=1S/C26H24N4O4/c1-14-15(2)29-20-11-10-17(12-18(14)20)30-23(26(32)34-4)22(25(31)33-3)21(19(13-27)24(30)28)16-8-6-5-7-9-16/h5-12,21,29H,28H2,1-4H3. The second kappa shape index (κ2) is 8.79. The van der Waals surface area contributed by atoms with Gasteiger partial charge in [0.05, 0.1) is 37.4 Å². The first-order valence-electron chi connectivity index (χ1n) is 10.6. The molecule has 0 saturated carbocycles. The van der Waals surface area contributed by atoms with Gasteiger partial charge >= 0.3 is 11.9 Å². The van der Waals surface area contributed by atoms with Gasteiger partial charge in [-0.05, 0) is 43.2 Å². The van der Waals surface area contributed by atoms with Gasteiger partial charge in [-0.1, -0.05) is 30.3 Å². The molecule has 0 radical (unpaired) electrons. The lowest BCUT2D eigenvalue weighted by atomic mass is 9.81. The van der Waals surface area contributed by atoms with Crippen LogP contribution >= 0.6 is 0 Å². The summed E-state index contributed by atoms with van der Waals surface area (Å²) in [6, 6.07) is 16.5. The monoisotopic (exact) mass is 456 g/mol. The number of benzene rings is 2. The number of H-pyrrole nitrogens is 1. The minimum atomic E-state index is -0.899. The Morgan fingerprint density at radius 2 is 1.74 bits per heavy atom. The number of carbonyl (C=O) groups excluding carboxylic acids is 2. The van der Waals surface area contributed by atoms with Crippen molar-refractivity contribution in [3.63, 3.8) is 0 Å². The first-order chi connectivity index (χ1) is 16.3. The minimum absolute atomic E-state index is 0.0200. The normalized spacial score (nSPS) is 16.0. The number of methoxy groups -OCH3 is 2. The predicted octanol–water partition coefficient (Wildman–Crippen LogP) is 3.68. The van der Waals surface area contributed by atoms with Gasteiger partial charge in [0.2, 0.25) is 0 Å². The molecule has 1 aliphatic heterocycles. The molecule has 172 valence electrons. The van der Waals surface area contributed by atoms with Crippen LogP contribution < -0.4 is 10.6 Å². The van der Waals surface area contributed by atoms with E-state index in [-0.39, 0.29) is 22.7 Å². The molecular weight excluding hydrogens is 432 g/mol. The van der Waals surface area contributed by atoms with Crippen LogP contribution in [0.5, 0.6) is 0 Å². The SMILES string of the molecule is COC(=O)C1=C(C(=O)OC)N(c2ccc3[nH]c(C)c(C)c3c2)C(N)=C(C#N)C1c1ccccc1. The number of esters is 2. The van der Waals surface area contributed by atoms with Crippen LogP contribution in [-0.2, 0) is 19.1 Å². The summed E-state index contributed by atoms with van der Waals surface area (Å²) in [6.07, 6.45) is 0. The molecule has 8 nitrogen and oxygen atoms in total. The lowest BCUT2D eigenvalue weighted by molar-refractivity contribution is -0.139. The number of aryl methyl sites for hydroxylation is 2. The van der Waals surface area contributed by atoms with E-state index in [4.69, 9.17) is 15.2 Å². The smallest absolute Gasteiger partial charge is 0.355 e. The van der Waals surface area contributed by atoms with Crippen molar-refractivity contribution in [3.8, 4) is 6.07 Å². The van der Waals surface area contributed by atoms with Gasteiger partial charge in [-0.3, -0.25) is 4.90 Å². The quantitative estimate of drug-likeness (QED) is 0.574. The minimum Gasteiger partial charge on any atom is -0.466 e. The first kappa shape index (κ1) is 22.7. The van der Waals surface area contributed by atoms with Crippen molar-refractivity contribution in [3.05, 3.63) is 88.0 Å². The number of hydrogen-bond donors (Lipinski definition) is 2. The van der Waals surface area contributed by atoms with E-state index < -0.39 is 17.9 Å². The first-order valence-corrected chi connectivity index (χ1v) is 10.6. The summed E-state index contributed by atoms with van der Waals surface area (Å²) in [5.74, 6) is -2.39. The summed E-state index contributed by atoms with van der Waals surface area (Å²) in [5.41, 5.74) is 10.7. The third kappa shape index (κ3) is 3.48. The Bertz CT molecular complexity index is 1410. The van der Waals surface area contributed by atoms with E-state index >= 15 is 0 Å². The third-order valence-electron chi connectivity index (χ3n) is 6.16. The van der Waals surface area contributed by atoms with Gasteiger partial charge in [-0.25, -0.2) is 9.59 Å².